The predicted octanol–water partition coefficient (Wildman–Crippen LogP) is 1.50. The number of hydrogen-bond donors (Lipinski definition) is 1. The van der Waals surface area contributed by atoms with Crippen molar-refractivity contribution in [1.82, 2.24) is 20.2 Å². The zero-order chi connectivity index (χ0) is 13.2. The molecule has 0 radical (unpaired) electrons. The van der Waals surface area contributed by atoms with Gasteiger partial charge in [-0.3, -0.25) is 0 Å². The largest absolute Gasteiger partial charge is 0.382 e. The van der Waals surface area contributed by atoms with E-state index >= 15 is 0 Å². The van der Waals surface area contributed by atoms with Gasteiger partial charge in [0.15, 0.2) is 0 Å². The number of rotatable bonds is 2. The molecule has 6 heteroatoms. The van der Waals surface area contributed by atoms with E-state index in [0.717, 1.165) is 36.7 Å². The average Bonchev–Trinajstić information content (AvgIpc) is 2.89. The number of nitrogens with two attached hydrogens (primary N) is 1. The van der Waals surface area contributed by atoms with Crippen LogP contribution in [0.3, 0.4) is 0 Å². The molecule has 1 unspecified atom stereocenters. The van der Waals surface area contributed by atoms with Crippen LogP contribution in [0.5, 0.6) is 0 Å². The van der Waals surface area contributed by atoms with E-state index in [9.17, 15) is 0 Å². The van der Waals surface area contributed by atoms with Crippen molar-refractivity contribution in [2.75, 3.05) is 17.2 Å². The van der Waals surface area contributed by atoms with Crippen LogP contribution in [-0.2, 0) is 0 Å². The first-order valence-corrected chi connectivity index (χ1v) is 6.39. The number of nitrogen functional groups attached to an aromatic ring is 1. The van der Waals surface area contributed by atoms with Gasteiger partial charge in [-0.05, 0) is 38.0 Å². The Morgan fingerprint density at radius 2 is 2.16 bits per heavy atom. The Kier molecular flexibility index (Phi) is 2.98. The fraction of sp³-hybridized carbons (Fsp3) is 0.385. The molecule has 0 aliphatic carbocycles. The van der Waals surface area contributed by atoms with Gasteiger partial charge in [-0.2, -0.15) is 5.10 Å². The van der Waals surface area contributed by atoms with Crippen molar-refractivity contribution in [2.24, 2.45) is 0 Å². The first-order valence-electron chi connectivity index (χ1n) is 6.39. The second-order valence-corrected chi connectivity index (χ2v) is 4.73. The Balaban J connectivity index is 1.91. The van der Waals surface area contributed by atoms with Crippen LogP contribution in [0.25, 0.3) is 0 Å². The summed E-state index contributed by atoms with van der Waals surface area (Å²) >= 11 is 0. The molecule has 1 fully saturated rings. The second kappa shape index (κ2) is 4.79. The van der Waals surface area contributed by atoms with E-state index in [-0.39, 0.29) is 6.04 Å². The van der Waals surface area contributed by atoms with Crippen LogP contribution in [0.15, 0.2) is 24.4 Å². The molecule has 0 spiro atoms. The zero-order valence-corrected chi connectivity index (χ0v) is 10.8. The molecule has 0 saturated carbocycles. The lowest BCUT2D eigenvalue weighted by Crippen LogP contribution is -2.25. The molecule has 0 amide bonds. The quantitative estimate of drug-likeness (QED) is 0.877. The van der Waals surface area contributed by atoms with Crippen molar-refractivity contribution in [3.8, 4) is 0 Å². The van der Waals surface area contributed by atoms with Crippen LogP contribution in [-0.4, -0.2) is 26.7 Å². The molecule has 1 saturated heterocycles. The fourth-order valence-corrected chi connectivity index (χ4v) is 2.42. The van der Waals surface area contributed by atoms with Gasteiger partial charge >= 0.3 is 0 Å². The van der Waals surface area contributed by atoms with Gasteiger partial charge in [-0.1, -0.05) is 0 Å². The summed E-state index contributed by atoms with van der Waals surface area (Å²) in [6.45, 7) is 2.92. The second-order valence-electron chi connectivity index (χ2n) is 4.73. The predicted molar refractivity (Wildman–Crippen MR) is 72.5 cm³/mol. The molecular weight excluding hydrogens is 240 g/mol. The number of anilines is 2. The summed E-state index contributed by atoms with van der Waals surface area (Å²) in [5.41, 5.74) is 7.48. The maximum Gasteiger partial charge on any atom is 0.226 e. The van der Waals surface area contributed by atoms with E-state index in [4.69, 9.17) is 5.73 Å². The third-order valence-corrected chi connectivity index (χ3v) is 3.34. The molecule has 98 valence electrons. The molecular formula is C13H16N6. The van der Waals surface area contributed by atoms with E-state index in [0.29, 0.717) is 5.82 Å². The Labute approximate surface area is 111 Å². The summed E-state index contributed by atoms with van der Waals surface area (Å²) in [5.74, 6) is 1.21. The number of aromatic nitrogens is 4. The van der Waals surface area contributed by atoms with Crippen molar-refractivity contribution >= 4 is 11.8 Å². The molecule has 2 aromatic heterocycles. The maximum atomic E-state index is 5.58. The first kappa shape index (κ1) is 11.8. The zero-order valence-electron chi connectivity index (χ0n) is 10.8. The van der Waals surface area contributed by atoms with Crippen LogP contribution >= 0.6 is 0 Å². The lowest BCUT2D eigenvalue weighted by Gasteiger charge is -2.23. The molecule has 0 bridgehead atoms. The SMILES string of the molecule is Cc1ccnc(N2CCCC2c2ccc(N)nn2)n1. The third kappa shape index (κ3) is 2.33. The molecule has 2 aromatic rings. The fourth-order valence-electron chi connectivity index (χ4n) is 2.42. The summed E-state index contributed by atoms with van der Waals surface area (Å²) in [7, 11) is 0. The van der Waals surface area contributed by atoms with Gasteiger partial charge in [-0.25, -0.2) is 9.97 Å². The summed E-state index contributed by atoms with van der Waals surface area (Å²) < 4.78 is 0. The molecule has 1 atom stereocenters. The van der Waals surface area contributed by atoms with Gasteiger partial charge < -0.3 is 10.6 Å². The maximum absolute atomic E-state index is 5.58. The minimum atomic E-state index is 0.190. The monoisotopic (exact) mass is 256 g/mol. The van der Waals surface area contributed by atoms with E-state index in [1.807, 2.05) is 19.1 Å². The van der Waals surface area contributed by atoms with E-state index in [2.05, 4.69) is 25.1 Å². The van der Waals surface area contributed by atoms with Gasteiger partial charge in [0.1, 0.15) is 5.82 Å². The van der Waals surface area contributed by atoms with Gasteiger partial charge in [0.05, 0.1) is 11.7 Å². The Bertz CT molecular complexity index is 568. The number of aryl methyl sites for hydroxylation is 1. The molecule has 19 heavy (non-hydrogen) atoms. The smallest absolute Gasteiger partial charge is 0.226 e. The molecule has 2 N–H and O–H groups in total. The van der Waals surface area contributed by atoms with Crippen molar-refractivity contribution in [3.63, 3.8) is 0 Å². The van der Waals surface area contributed by atoms with Crippen molar-refractivity contribution < 1.29 is 0 Å². The molecule has 1 aliphatic rings. The number of hydrogen-bond acceptors (Lipinski definition) is 6. The minimum Gasteiger partial charge on any atom is -0.382 e. The highest BCUT2D eigenvalue weighted by Gasteiger charge is 2.29. The summed E-state index contributed by atoms with van der Waals surface area (Å²) in [6, 6.07) is 5.81. The summed E-state index contributed by atoms with van der Waals surface area (Å²) in [4.78, 5) is 11.0. The Hall–Kier alpha value is -2.24. The average molecular weight is 256 g/mol. The normalized spacial score (nSPS) is 18.8. The highest BCUT2D eigenvalue weighted by atomic mass is 15.3. The van der Waals surface area contributed by atoms with Gasteiger partial charge in [0.2, 0.25) is 5.95 Å². The highest BCUT2D eigenvalue weighted by Crippen LogP contribution is 2.33. The minimum absolute atomic E-state index is 0.190. The summed E-state index contributed by atoms with van der Waals surface area (Å²) in [6.07, 6.45) is 3.94. The van der Waals surface area contributed by atoms with Crippen LogP contribution < -0.4 is 10.6 Å². The molecule has 1 aliphatic heterocycles. The van der Waals surface area contributed by atoms with Crippen molar-refractivity contribution in [1.29, 1.82) is 0 Å². The van der Waals surface area contributed by atoms with Crippen LogP contribution in [0.1, 0.15) is 30.3 Å². The lowest BCUT2D eigenvalue weighted by molar-refractivity contribution is 0.665. The standard InChI is InChI=1S/C13H16N6/c1-9-6-7-15-13(16-9)19-8-2-3-11(19)10-4-5-12(14)18-17-10/h4-7,11H,2-3,8H2,1H3,(H2,14,18). The Morgan fingerprint density at radius 3 is 2.89 bits per heavy atom. The summed E-state index contributed by atoms with van der Waals surface area (Å²) in [5, 5.41) is 8.12. The van der Waals surface area contributed by atoms with Gasteiger partial charge in [0.25, 0.3) is 0 Å². The van der Waals surface area contributed by atoms with E-state index in [1.54, 1.807) is 12.3 Å². The molecule has 0 aromatic carbocycles. The third-order valence-electron chi connectivity index (χ3n) is 3.34. The highest BCUT2D eigenvalue weighted by molar-refractivity contribution is 5.37. The van der Waals surface area contributed by atoms with Gasteiger partial charge in [-0.15, -0.1) is 5.10 Å². The van der Waals surface area contributed by atoms with Crippen LogP contribution in [0.2, 0.25) is 0 Å². The van der Waals surface area contributed by atoms with E-state index < -0.39 is 0 Å². The van der Waals surface area contributed by atoms with Crippen molar-refractivity contribution in [2.45, 2.75) is 25.8 Å². The molecule has 6 nitrogen and oxygen atoms in total. The molecule has 3 heterocycles. The first-order chi connectivity index (χ1) is 9.24. The topological polar surface area (TPSA) is 80.8 Å². The molecule has 3 rings (SSSR count). The van der Waals surface area contributed by atoms with Gasteiger partial charge in [0, 0.05) is 18.4 Å². The lowest BCUT2D eigenvalue weighted by atomic mass is 10.1. The Morgan fingerprint density at radius 1 is 1.26 bits per heavy atom. The van der Waals surface area contributed by atoms with Crippen molar-refractivity contribution in [3.05, 3.63) is 35.8 Å². The van der Waals surface area contributed by atoms with E-state index in [1.165, 1.54) is 0 Å². The van der Waals surface area contributed by atoms with Crippen LogP contribution in [0.4, 0.5) is 11.8 Å². The number of nitrogens with zero attached hydrogens (tertiary/aromatic N) is 5. The van der Waals surface area contributed by atoms with Crippen LogP contribution in [0, 0.1) is 6.92 Å².